The van der Waals surface area contributed by atoms with Gasteiger partial charge in [-0.15, -0.1) is 0 Å². The van der Waals surface area contributed by atoms with E-state index in [4.69, 9.17) is 11.6 Å². The van der Waals surface area contributed by atoms with E-state index in [1.165, 1.54) is 0 Å². The van der Waals surface area contributed by atoms with Crippen LogP contribution in [0.25, 0.3) is 6.08 Å². The molecule has 1 aliphatic rings. The highest BCUT2D eigenvalue weighted by molar-refractivity contribution is 7.91. The average molecular weight is 433 g/mol. The molecule has 0 radical (unpaired) electrons. The smallest absolute Gasteiger partial charge is 0.205 e. The molecule has 2 heterocycles. The Bertz CT molecular complexity index is 1230. The lowest BCUT2D eigenvalue weighted by atomic mass is 10.0. The van der Waals surface area contributed by atoms with Crippen LogP contribution >= 0.6 is 11.6 Å². The molecule has 0 saturated carbocycles. The van der Waals surface area contributed by atoms with Gasteiger partial charge in [-0.25, -0.2) is 4.21 Å². The molecule has 2 aromatic carbocycles. The summed E-state index contributed by atoms with van der Waals surface area (Å²) in [4.78, 5) is 17.3. The van der Waals surface area contributed by atoms with E-state index in [9.17, 15) is 9.00 Å². The highest BCUT2D eigenvalue weighted by Crippen LogP contribution is 2.33. The van der Waals surface area contributed by atoms with Crippen LogP contribution in [0.1, 0.15) is 27.0 Å². The number of aromatic nitrogens is 1. The van der Waals surface area contributed by atoms with Crippen LogP contribution in [0.4, 0.5) is 5.69 Å². The molecular formula is C24H17ClN2O2S. The average Bonchev–Trinajstić information content (AvgIpc) is 2.77. The first-order chi connectivity index (χ1) is 14.5. The minimum atomic E-state index is -1.59. The van der Waals surface area contributed by atoms with Gasteiger partial charge >= 0.3 is 0 Å². The Morgan fingerprint density at radius 2 is 1.83 bits per heavy atom. The zero-order valence-electron chi connectivity index (χ0n) is 16.1. The number of nitrogens with zero attached hydrogens (tertiary/aromatic N) is 2. The summed E-state index contributed by atoms with van der Waals surface area (Å²) < 4.78 is 14.5. The maximum atomic E-state index is 13.1. The number of rotatable bonds is 2. The fourth-order valence-corrected chi connectivity index (χ4v) is 4.36. The Morgan fingerprint density at radius 1 is 1.10 bits per heavy atom. The van der Waals surface area contributed by atoms with Crippen molar-refractivity contribution in [2.75, 3.05) is 11.4 Å². The van der Waals surface area contributed by atoms with Gasteiger partial charge in [-0.1, -0.05) is 35.6 Å². The van der Waals surface area contributed by atoms with Gasteiger partial charge in [0.25, 0.3) is 0 Å². The van der Waals surface area contributed by atoms with Gasteiger partial charge in [0, 0.05) is 42.0 Å². The van der Waals surface area contributed by atoms with Crippen molar-refractivity contribution in [3.8, 4) is 11.8 Å². The fourth-order valence-electron chi connectivity index (χ4n) is 3.09. The Balaban J connectivity index is 1.66. The molecule has 0 bridgehead atoms. The van der Waals surface area contributed by atoms with Crippen LogP contribution in [0, 0.1) is 11.8 Å². The summed E-state index contributed by atoms with van der Waals surface area (Å²) in [6, 6.07) is 16.3. The largest absolute Gasteiger partial charge is 0.290 e. The minimum Gasteiger partial charge on any atom is -0.290 e. The molecule has 1 atom stereocenters. The number of allylic oxidation sites excluding steroid dienone is 1. The second-order valence-corrected chi connectivity index (χ2v) is 8.62. The fraction of sp³-hybridized carbons (Fsp3) is 0.0833. The number of ketones is 1. The summed E-state index contributed by atoms with van der Waals surface area (Å²) in [7, 11) is 0.127. The molecular weight excluding hydrogens is 416 g/mol. The van der Waals surface area contributed by atoms with Gasteiger partial charge in [-0.05, 0) is 59.7 Å². The van der Waals surface area contributed by atoms with Crippen molar-refractivity contribution in [1.29, 1.82) is 0 Å². The number of carbonyl (C=O) groups is 1. The van der Waals surface area contributed by atoms with E-state index in [-0.39, 0.29) is 10.7 Å². The Labute approximate surface area is 182 Å². The first-order valence-corrected chi connectivity index (χ1v) is 10.7. The Hall–Kier alpha value is -3.20. The van der Waals surface area contributed by atoms with Gasteiger partial charge in [-0.2, -0.15) is 0 Å². The quantitative estimate of drug-likeness (QED) is 0.437. The second kappa shape index (κ2) is 8.66. The molecule has 1 aromatic heterocycles. The van der Waals surface area contributed by atoms with Crippen molar-refractivity contribution in [3.05, 3.63) is 99.2 Å². The summed E-state index contributed by atoms with van der Waals surface area (Å²) in [6.45, 7) is 0. The van der Waals surface area contributed by atoms with Crippen LogP contribution < -0.4 is 4.31 Å². The number of Topliss-reactive ketones (excluding diaryl/α,β-unsaturated/α-hetero) is 1. The predicted molar refractivity (Wildman–Crippen MR) is 122 cm³/mol. The van der Waals surface area contributed by atoms with Crippen LogP contribution in [0.2, 0.25) is 5.02 Å². The number of halogens is 1. The Kier molecular flexibility index (Phi) is 5.80. The van der Waals surface area contributed by atoms with E-state index >= 15 is 0 Å². The number of anilines is 1. The van der Waals surface area contributed by atoms with Gasteiger partial charge in [0.1, 0.15) is 4.91 Å². The molecule has 4 nitrogen and oxygen atoms in total. The van der Waals surface area contributed by atoms with Crippen molar-refractivity contribution < 1.29 is 9.00 Å². The topological polar surface area (TPSA) is 50.3 Å². The number of hydrogen-bond acceptors (Lipinski definition) is 3. The lowest BCUT2D eigenvalue weighted by Crippen LogP contribution is -2.31. The van der Waals surface area contributed by atoms with Crippen LogP contribution in [-0.2, 0) is 17.4 Å². The van der Waals surface area contributed by atoms with Crippen molar-refractivity contribution in [3.63, 3.8) is 0 Å². The minimum absolute atomic E-state index is 0.231. The highest BCUT2D eigenvalue weighted by Gasteiger charge is 2.31. The first-order valence-electron chi connectivity index (χ1n) is 9.22. The Morgan fingerprint density at radius 3 is 2.57 bits per heavy atom. The molecule has 3 aromatic rings. The zero-order chi connectivity index (χ0) is 21.1. The monoisotopic (exact) mass is 432 g/mol. The molecule has 1 aliphatic heterocycles. The molecule has 0 fully saturated rings. The van der Waals surface area contributed by atoms with E-state index in [0.29, 0.717) is 22.7 Å². The zero-order valence-corrected chi connectivity index (χ0v) is 17.7. The maximum Gasteiger partial charge on any atom is 0.205 e. The second-order valence-electron chi connectivity index (χ2n) is 6.70. The summed E-state index contributed by atoms with van der Waals surface area (Å²) >= 11 is 5.93. The van der Waals surface area contributed by atoms with E-state index in [0.717, 1.165) is 16.7 Å². The number of fused-ring (bicyclic) bond motifs is 1. The van der Waals surface area contributed by atoms with Gasteiger partial charge < -0.3 is 0 Å². The van der Waals surface area contributed by atoms with E-state index in [1.54, 1.807) is 66.2 Å². The molecule has 0 saturated heterocycles. The van der Waals surface area contributed by atoms with E-state index in [1.807, 2.05) is 18.2 Å². The third-order valence-electron chi connectivity index (χ3n) is 4.68. The van der Waals surface area contributed by atoms with E-state index < -0.39 is 11.0 Å². The number of hydrogen-bond donors (Lipinski definition) is 0. The molecule has 0 N–H and O–H groups in total. The standard InChI is InChI=1S/C24H17ClN2O2S/c1-27-22-10-7-18(4-2-3-17-11-13-26-14-12-17)15-21(22)24(28)23(30(27)29)16-19-5-8-20(25)9-6-19/h5-16H,3H2,1H3/b23-16+. The molecule has 148 valence electrons. The molecule has 0 spiro atoms. The van der Waals surface area contributed by atoms with Crippen molar-refractivity contribution >= 4 is 40.1 Å². The SMILES string of the molecule is CN1c2ccc(C#CCc3ccncc3)cc2C(=O)/C(=C\c2ccc(Cl)cc2)S1=O. The molecule has 30 heavy (non-hydrogen) atoms. The summed E-state index contributed by atoms with van der Waals surface area (Å²) in [5.41, 5.74) is 3.71. The predicted octanol–water partition coefficient (Wildman–Crippen LogP) is 4.67. The van der Waals surface area contributed by atoms with Crippen molar-refractivity contribution in [1.82, 2.24) is 4.98 Å². The van der Waals surface area contributed by atoms with Gasteiger partial charge in [0.2, 0.25) is 5.78 Å². The van der Waals surface area contributed by atoms with Crippen molar-refractivity contribution in [2.24, 2.45) is 0 Å². The molecule has 0 amide bonds. The van der Waals surface area contributed by atoms with Crippen LogP contribution in [-0.4, -0.2) is 22.0 Å². The van der Waals surface area contributed by atoms with Gasteiger partial charge in [-0.3, -0.25) is 14.1 Å². The van der Waals surface area contributed by atoms with Gasteiger partial charge in [0.15, 0.2) is 11.0 Å². The highest BCUT2D eigenvalue weighted by atomic mass is 35.5. The first kappa shape index (κ1) is 20.1. The molecule has 6 heteroatoms. The number of pyridine rings is 1. The third-order valence-corrected chi connectivity index (χ3v) is 6.31. The molecule has 4 rings (SSSR count). The molecule has 0 aliphatic carbocycles. The van der Waals surface area contributed by atoms with E-state index in [2.05, 4.69) is 16.8 Å². The van der Waals surface area contributed by atoms with Crippen LogP contribution in [0.3, 0.4) is 0 Å². The summed E-state index contributed by atoms with van der Waals surface area (Å²) in [5, 5.41) is 0.602. The van der Waals surface area contributed by atoms with Crippen molar-refractivity contribution in [2.45, 2.75) is 6.42 Å². The number of benzene rings is 2. The maximum absolute atomic E-state index is 13.1. The normalized spacial score (nSPS) is 16.7. The lowest BCUT2D eigenvalue weighted by Gasteiger charge is -2.27. The third kappa shape index (κ3) is 4.20. The lowest BCUT2D eigenvalue weighted by molar-refractivity contribution is 0.104. The summed E-state index contributed by atoms with van der Waals surface area (Å²) in [6.07, 6.45) is 5.72. The van der Waals surface area contributed by atoms with Crippen LogP contribution in [0.5, 0.6) is 0 Å². The number of carbonyl (C=O) groups excluding carboxylic acids is 1. The summed E-state index contributed by atoms with van der Waals surface area (Å²) in [5.74, 6) is 5.98. The van der Waals surface area contributed by atoms with Crippen LogP contribution in [0.15, 0.2) is 71.9 Å². The van der Waals surface area contributed by atoms with Gasteiger partial charge in [0.05, 0.1) is 5.69 Å². The molecule has 1 unspecified atom stereocenters.